The van der Waals surface area contributed by atoms with Crippen molar-refractivity contribution >= 4 is 0 Å². The summed E-state index contributed by atoms with van der Waals surface area (Å²) in [5.41, 5.74) is 0. The summed E-state index contributed by atoms with van der Waals surface area (Å²) in [7, 11) is 0. The molecular formula is C12H26. The van der Waals surface area contributed by atoms with E-state index in [-0.39, 0.29) is 0 Å². The van der Waals surface area contributed by atoms with E-state index in [1.165, 1.54) is 25.7 Å². The van der Waals surface area contributed by atoms with Crippen molar-refractivity contribution in [3.63, 3.8) is 0 Å². The fourth-order valence-corrected chi connectivity index (χ4v) is 2.27. The topological polar surface area (TPSA) is 0 Å². The van der Waals surface area contributed by atoms with Gasteiger partial charge in [-0.15, -0.1) is 0 Å². The van der Waals surface area contributed by atoms with Gasteiger partial charge >= 0.3 is 0 Å². The van der Waals surface area contributed by atoms with Gasteiger partial charge < -0.3 is 0 Å². The fourth-order valence-electron chi connectivity index (χ4n) is 2.27. The van der Waals surface area contributed by atoms with Crippen molar-refractivity contribution in [2.45, 2.75) is 60.3 Å². The molecule has 0 amide bonds. The molecule has 1 fully saturated rings. The molecule has 0 aromatic rings. The molecule has 0 spiro atoms. The molecule has 1 saturated carbocycles. The molecule has 0 aliphatic heterocycles. The molecule has 2 unspecified atom stereocenters. The van der Waals surface area contributed by atoms with Crippen LogP contribution in [0.5, 0.6) is 0 Å². The lowest BCUT2D eigenvalue weighted by atomic mass is 9.95. The average molecular weight is 170 g/mol. The Morgan fingerprint density at radius 1 is 0.667 bits per heavy atom. The molecule has 1 aliphatic rings. The number of rotatable bonds is 0. The standard InChI is InChI=1S/C10H20.C2H6/c1-8-4-5-9(2)7-10(3)6-8;1-2/h8-10H,4-7H2,1-3H3;1-2H3. The van der Waals surface area contributed by atoms with E-state index in [9.17, 15) is 0 Å². The highest BCUT2D eigenvalue weighted by Crippen LogP contribution is 2.30. The molecule has 0 bridgehead atoms. The molecule has 0 radical (unpaired) electrons. The van der Waals surface area contributed by atoms with Crippen molar-refractivity contribution in [1.82, 2.24) is 0 Å². The maximum absolute atomic E-state index is 2.40. The zero-order valence-electron chi connectivity index (χ0n) is 9.56. The normalized spacial score (nSPS) is 36.2. The lowest BCUT2D eigenvalue weighted by molar-refractivity contribution is 0.404. The Kier molecular flexibility index (Phi) is 6.51. The van der Waals surface area contributed by atoms with Crippen molar-refractivity contribution < 1.29 is 0 Å². The van der Waals surface area contributed by atoms with Crippen LogP contribution >= 0.6 is 0 Å². The summed E-state index contributed by atoms with van der Waals surface area (Å²) in [5, 5.41) is 0. The largest absolute Gasteiger partial charge is 0.0683 e. The SMILES string of the molecule is CC.CC1CCC(C)CC(C)C1. The molecule has 1 rings (SSSR count). The Morgan fingerprint density at radius 3 is 1.33 bits per heavy atom. The van der Waals surface area contributed by atoms with Gasteiger partial charge in [0.1, 0.15) is 0 Å². The third-order valence-corrected chi connectivity index (χ3v) is 2.76. The summed E-state index contributed by atoms with van der Waals surface area (Å²) in [5.74, 6) is 2.95. The first-order valence-corrected chi connectivity index (χ1v) is 5.68. The van der Waals surface area contributed by atoms with Crippen molar-refractivity contribution in [2.24, 2.45) is 17.8 Å². The zero-order chi connectivity index (χ0) is 9.56. The van der Waals surface area contributed by atoms with Gasteiger partial charge in [0.25, 0.3) is 0 Å². The molecule has 74 valence electrons. The minimum Gasteiger partial charge on any atom is -0.0683 e. The maximum Gasteiger partial charge on any atom is -0.0438 e. The van der Waals surface area contributed by atoms with Crippen LogP contribution in [0, 0.1) is 17.8 Å². The van der Waals surface area contributed by atoms with Crippen LogP contribution in [0.15, 0.2) is 0 Å². The van der Waals surface area contributed by atoms with Gasteiger partial charge in [-0.05, 0) is 30.6 Å². The van der Waals surface area contributed by atoms with Gasteiger partial charge in [-0.25, -0.2) is 0 Å². The Balaban J connectivity index is 0.000000561. The minimum atomic E-state index is 0.979. The number of hydrogen-bond donors (Lipinski definition) is 0. The van der Waals surface area contributed by atoms with Crippen LogP contribution in [-0.4, -0.2) is 0 Å². The van der Waals surface area contributed by atoms with E-state index < -0.39 is 0 Å². The van der Waals surface area contributed by atoms with Gasteiger partial charge in [0.15, 0.2) is 0 Å². The Bertz CT molecular complexity index is 84.2. The second-order valence-corrected chi connectivity index (χ2v) is 4.36. The molecule has 0 N–H and O–H groups in total. The molecule has 2 atom stereocenters. The van der Waals surface area contributed by atoms with E-state index in [1.54, 1.807) is 0 Å². The third-order valence-electron chi connectivity index (χ3n) is 2.76. The molecule has 1 aliphatic carbocycles. The molecule has 0 nitrogen and oxygen atoms in total. The van der Waals surface area contributed by atoms with Crippen LogP contribution in [0.3, 0.4) is 0 Å². The summed E-state index contributed by atoms with van der Waals surface area (Å²) in [6, 6.07) is 0. The fraction of sp³-hybridized carbons (Fsp3) is 1.00. The third kappa shape index (κ3) is 4.79. The van der Waals surface area contributed by atoms with E-state index in [0.29, 0.717) is 0 Å². The summed E-state index contributed by atoms with van der Waals surface area (Å²) >= 11 is 0. The van der Waals surface area contributed by atoms with E-state index in [4.69, 9.17) is 0 Å². The van der Waals surface area contributed by atoms with Crippen LogP contribution in [0.2, 0.25) is 0 Å². The molecule has 0 aromatic carbocycles. The van der Waals surface area contributed by atoms with E-state index >= 15 is 0 Å². The molecule has 0 aromatic heterocycles. The van der Waals surface area contributed by atoms with Crippen LogP contribution in [-0.2, 0) is 0 Å². The molecule has 0 saturated heterocycles. The van der Waals surface area contributed by atoms with E-state index in [1.807, 2.05) is 13.8 Å². The predicted molar refractivity (Wildman–Crippen MR) is 57.3 cm³/mol. The van der Waals surface area contributed by atoms with Gasteiger partial charge in [-0.1, -0.05) is 47.5 Å². The summed E-state index contributed by atoms with van der Waals surface area (Å²) in [6.45, 7) is 11.2. The second kappa shape index (κ2) is 6.51. The quantitative estimate of drug-likeness (QED) is 0.470. The highest BCUT2D eigenvalue weighted by Gasteiger charge is 2.17. The Labute approximate surface area is 78.8 Å². The van der Waals surface area contributed by atoms with Crippen LogP contribution in [0.4, 0.5) is 0 Å². The van der Waals surface area contributed by atoms with E-state index in [0.717, 1.165) is 17.8 Å². The minimum absolute atomic E-state index is 0.979. The van der Waals surface area contributed by atoms with Crippen LogP contribution < -0.4 is 0 Å². The van der Waals surface area contributed by atoms with Gasteiger partial charge in [0, 0.05) is 0 Å². The highest BCUT2D eigenvalue weighted by atomic mass is 14.2. The monoisotopic (exact) mass is 170 g/mol. The predicted octanol–water partition coefficient (Wildman–Crippen LogP) is 4.49. The first-order valence-electron chi connectivity index (χ1n) is 5.68. The van der Waals surface area contributed by atoms with Crippen LogP contribution in [0.25, 0.3) is 0 Å². The summed E-state index contributed by atoms with van der Waals surface area (Å²) < 4.78 is 0. The lowest BCUT2D eigenvalue weighted by Crippen LogP contribution is -1.99. The van der Waals surface area contributed by atoms with Gasteiger partial charge in [0.05, 0.1) is 0 Å². The average Bonchev–Trinajstić information content (AvgIpc) is 2.16. The van der Waals surface area contributed by atoms with Gasteiger partial charge in [-0.3, -0.25) is 0 Å². The van der Waals surface area contributed by atoms with Crippen molar-refractivity contribution in [3.8, 4) is 0 Å². The first-order chi connectivity index (χ1) is 5.68. The first kappa shape index (κ1) is 12.0. The smallest absolute Gasteiger partial charge is 0.0438 e. The van der Waals surface area contributed by atoms with E-state index in [2.05, 4.69) is 20.8 Å². The maximum atomic E-state index is 2.40. The molecule has 0 heteroatoms. The summed E-state index contributed by atoms with van der Waals surface area (Å²) in [6.07, 6.45) is 5.85. The highest BCUT2D eigenvalue weighted by molar-refractivity contribution is 4.69. The summed E-state index contributed by atoms with van der Waals surface area (Å²) in [4.78, 5) is 0. The van der Waals surface area contributed by atoms with Gasteiger partial charge in [0.2, 0.25) is 0 Å². The molecule has 0 heterocycles. The van der Waals surface area contributed by atoms with Crippen molar-refractivity contribution in [2.75, 3.05) is 0 Å². The molecular weight excluding hydrogens is 144 g/mol. The zero-order valence-corrected chi connectivity index (χ0v) is 9.56. The number of hydrogen-bond acceptors (Lipinski definition) is 0. The van der Waals surface area contributed by atoms with Crippen molar-refractivity contribution in [1.29, 1.82) is 0 Å². The lowest BCUT2D eigenvalue weighted by Gasteiger charge is -2.11. The van der Waals surface area contributed by atoms with Crippen molar-refractivity contribution in [3.05, 3.63) is 0 Å². The Hall–Kier alpha value is 0. The van der Waals surface area contributed by atoms with Gasteiger partial charge in [-0.2, -0.15) is 0 Å². The van der Waals surface area contributed by atoms with Crippen LogP contribution in [0.1, 0.15) is 60.3 Å². The second-order valence-electron chi connectivity index (χ2n) is 4.36. The Morgan fingerprint density at radius 2 is 1.00 bits per heavy atom. The molecule has 12 heavy (non-hydrogen) atoms.